The van der Waals surface area contributed by atoms with Crippen LogP contribution in [-0.2, 0) is 0 Å². The first-order valence-electron chi connectivity index (χ1n) is 20.5. The summed E-state index contributed by atoms with van der Waals surface area (Å²) in [6, 6.07) is 84.6. The fourth-order valence-corrected chi connectivity index (χ4v) is 8.69. The van der Waals surface area contributed by atoms with Gasteiger partial charge in [-0.1, -0.05) is 194 Å². The van der Waals surface area contributed by atoms with E-state index < -0.39 is 0 Å². The third-order valence-electron chi connectivity index (χ3n) is 11.7. The highest BCUT2D eigenvalue weighted by Crippen LogP contribution is 2.47. The maximum absolute atomic E-state index is 7.01. The normalized spacial score (nSPS) is 11.3. The Bertz CT molecular complexity index is 3160. The molecule has 11 aromatic rings. The number of hydrogen-bond donors (Lipinski definition) is 0. The molecule has 11 rings (SSSR count). The topological polar surface area (TPSA) is 16.4 Å². The van der Waals surface area contributed by atoms with Gasteiger partial charge in [0, 0.05) is 22.3 Å². The molecule has 0 spiro atoms. The SMILES string of the molecule is c1ccc(-c2ccc(-c3ccc(-c4c5ccccc5cc5c4oc4cccc(N(c6ccc(-c7ccccc7)cc6)c6ccc(-c7ccccc7)cc6)c45)cc3)cc2)cc1. The molecule has 0 radical (unpaired) electrons. The Hall–Kier alpha value is -7.94. The zero-order valence-electron chi connectivity index (χ0n) is 32.9. The fraction of sp³-hybridized carbons (Fsp3) is 0. The van der Waals surface area contributed by atoms with Gasteiger partial charge in [0.05, 0.1) is 11.1 Å². The summed E-state index contributed by atoms with van der Waals surface area (Å²) in [5, 5.41) is 4.50. The van der Waals surface area contributed by atoms with E-state index in [2.05, 4.69) is 241 Å². The van der Waals surface area contributed by atoms with Crippen molar-refractivity contribution in [2.45, 2.75) is 0 Å². The summed E-state index contributed by atoms with van der Waals surface area (Å²) < 4.78 is 7.01. The van der Waals surface area contributed by atoms with Gasteiger partial charge in [0.1, 0.15) is 11.2 Å². The van der Waals surface area contributed by atoms with Crippen LogP contribution >= 0.6 is 0 Å². The molecule has 0 fully saturated rings. The van der Waals surface area contributed by atoms with E-state index in [0.717, 1.165) is 55.5 Å². The lowest BCUT2D eigenvalue weighted by Gasteiger charge is -2.26. The number of anilines is 3. The number of rotatable bonds is 8. The van der Waals surface area contributed by atoms with Crippen LogP contribution in [0.5, 0.6) is 0 Å². The Balaban J connectivity index is 1.05. The van der Waals surface area contributed by atoms with E-state index in [-0.39, 0.29) is 0 Å². The van der Waals surface area contributed by atoms with E-state index in [1.807, 2.05) is 0 Å². The zero-order valence-corrected chi connectivity index (χ0v) is 32.9. The van der Waals surface area contributed by atoms with Crippen molar-refractivity contribution in [1.29, 1.82) is 0 Å². The lowest BCUT2D eigenvalue weighted by Crippen LogP contribution is -2.10. The van der Waals surface area contributed by atoms with Crippen LogP contribution in [0.15, 0.2) is 241 Å². The van der Waals surface area contributed by atoms with E-state index in [4.69, 9.17) is 4.42 Å². The minimum atomic E-state index is 0.848. The van der Waals surface area contributed by atoms with Crippen LogP contribution in [0.3, 0.4) is 0 Å². The molecule has 0 aliphatic rings. The predicted molar refractivity (Wildman–Crippen MR) is 253 cm³/mol. The summed E-state index contributed by atoms with van der Waals surface area (Å²) in [4.78, 5) is 2.37. The highest BCUT2D eigenvalue weighted by Gasteiger charge is 2.23. The van der Waals surface area contributed by atoms with Gasteiger partial charge >= 0.3 is 0 Å². The third kappa shape index (κ3) is 6.41. The Morgan fingerprint density at radius 1 is 0.300 bits per heavy atom. The Morgan fingerprint density at radius 2 is 0.700 bits per heavy atom. The maximum atomic E-state index is 7.01. The standard InChI is InChI=1S/C58H39NO/c1-4-13-40(14-5-1)43-23-25-44(26-24-43)45-27-29-48(30-28-45)56-52-20-11-10-19-49(52)39-53-57-54(21-12-22-55(57)60-58(53)56)59(50-35-31-46(32-36-50)41-15-6-2-7-16-41)51-37-33-47(34-38-51)42-17-8-3-9-18-42/h1-39H. The van der Waals surface area contributed by atoms with Crippen molar-refractivity contribution >= 4 is 49.8 Å². The summed E-state index contributed by atoms with van der Waals surface area (Å²) in [5.41, 5.74) is 16.7. The number of nitrogens with zero attached hydrogens (tertiary/aromatic N) is 1. The van der Waals surface area contributed by atoms with Gasteiger partial charge in [0.15, 0.2) is 0 Å². The van der Waals surface area contributed by atoms with E-state index >= 15 is 0 Å². The summed E-state index contributed by atoms with van der Waals surface area (Å²) in [5.74, 6) is 0. The lowest BCUT2D eigenvalue weighted by molar-refractivity contribution is 0.670. The first-order chi connectivity index (χ1) is 29.7. The molecule has 0 aliphatic heterocycles. The van der Waals surface area contributed by atoms with Gasteiger partial charge in [0.25, 0.3) is 0 Å². The highest BCUT2D eigenvalue weighted by molar-refractivity contribution is 6.22. The largest absolute Gasteiger partial charge is 0.455 e. The molecule has 1 aromatic heterocycles. The van der Waals surface area contributed by atoms with E-state index in [1.54, 1.807) is 0 Å². The Morgan fingerprint density at radius 3 is 1.18 bits per heavy atom. The van der Waals surface area contributed by atoms with Gasteiger partial charge < -0.3 is 9.32 Å². The van der Waals surface area contributed by atoms with Gasteiger partial charge in [-0.2, -0.15) is 0 Å². The predicted octanol–water partition coefficient (Wildman–Crippen LogP) is 16.5. The van der Waals surface area contributed by atoms with Crippen molar-refractivity contribution in [3.63, 3.8) is 0 Å². The monoisotopic (exact) mass is 765 g/mol. The van der Waals surface area contributed by atoms with Gasteiger partial charge in [-0.05, 0) is 103 Å². The number of hydrogen-bond acceptors (Lipinski definition) is 2. The Labute approximate surface area is 349 Å². The van der Waals surface area contributed by atoms with Crippen LogP contribution in [0.1, 0.15) is 0 Å². The number of fused-ring (bicyclic) bond motifs is 4. The average molecular weight is 766 g/mol. The van der Waals surface area contributed by atoms with Crippen LogP contribution in [-0.4, -0.2) is 0 Å². The minimum Gasteiger partial charge on any atom is -0.455 e. The third-order valence-corrected chi connectivity index (χ3v) is 11.7. The second-order valence-electron chi connectivity index (χ2n) is 15.3. The van der Waals surface area contributed by atoms with Crippen LogP contribution in [0.25, 0.3) is 88.3 Å². The summed E-state index contributed by atoms with van der Waals surface area (Å²) in [6.07, 6.45) is 0. The fourth-order valence-electron chi connectivity index (χ4n) is 8.69. The maximum Gasteiger partial charge on any atom is 0.143 e. The van der Waals surface area contributed by atoms with Crippen molar-refractivity contribution in [2.24, 2.45) is 0 Å². The van der Waals surface area contributed by atoms with Gasteiger partial charge in [-0.3, -0.25) is 0 Å². The molecule has 0 aliphatic carbocycles. The van der Waals surface area contributed by atoms with Crippen molar-refractivity contribution in [3.8, 4) is 55.6 Å². The lowest BCUT2D eigenvalue weighted by atomic mass is 9.93. The van der Waals surface area contributed by atoms with Gasteiger partial charge in [0.2, 0.25) is 0 Å². The van der Waals surface area contributed by atoms with E-state index in [0.29, 0.717) is 0 Å². The molecule has 10 aromatic carbocycles. The smallest absolute Gasteiger partial charge is 0.143 e. The molecule has 2 nitrogen and oxygen atoms in total. The molecule has 0 amide bonds. The first-order valence-corrected chi connectivity index (χ1v) is 20.5. The zero-order chi connectivity index (χ0) is 39.8. The van der Waals surface area contributed by atoms with Crippen LogP contribution in [0.2, 0.25) is 0 Å². The molecule has 0 atom stereocenters. The van der Waals surface area contributed by atoms with E-state index in [1.165, 1.54) is 49.9 Å². The minimum absolute atomic E-state index is 0.848. The first kappa shape index (κ1) is 35.2. The molecule has 282 valence electrons. The summed E-state index contributed by atoms with van der Waals surface area (Å²) >= 11 is 0. The number of furan rings is 1. The quantitative estimate of drug-likeness (QED) is 0.153. The molecular weight excluding hydrogens is 727 g/mol. The van der Waals surface area contributed by atoms with Crippen LogP contribution in [0, 0.1) is 0 Å². The number of benzene rings is 10. The molecule has 0 N–H and O–H groups in total. The Kier molecular flexibility index (Phi) is 8.87. The molecule has 2 heteroatoms. The molecule has 0 saturated carbocycles. The molecular formula is C58H39NO. The second kappa shape index (κ2) is 15.1. The van der Waals surface area contributed by atoms with Crippen molar-refractivity contribution in [2.75, 3.05) is 4.90 Å². The molecule has 0 bridgehead atoms. The molecule has 1 heterocycles. The summed E-state index contributed by atoms with van der Waals surface area (Å²) in [6.45, 7) is 0. The van der Waals surface area contributed by atoms with Crippen molar-refractivity contribution < 1.29 is 4.42 Å². The molecule has 60 heavy (non-hydrogen) atoms. The van der Waals surface area contributed by atoms with Gasteiger partial charge in [-0.15, -0.1) is 0 Å². The van der Waals surface area contributed by atoms with Crippen LogP contribution < -0.4 is 4.90 Å². The van der Waals surface area contributed by atoms with E-state index in [9.17, 15) is 0 Å². The van der Waals surface area contributed by atoms with Crippen molar-refractivity contribution in [3.05, 3.63) is 237 Å². The van der Waals surface area contributed by atoms with Gasteiger partial charge in [-0.25, -0.2) is 0 Å². The summed E-state index contributed by atoms with van der Waals surface area (Å²) in [7, 11) is 0. The second-order valence-corrected chi connectivity index (χ2v) is 15.3. The van der Waals surface area contributed by atoms with Crippen molar-refractivity contribution in [1.82, 2.24) is 0 Å². The average Bonchev–Trinajstić information content (AvgIpc) is 3.71. The highest BCUT2D eigenvalue weighted by atomic mass is 16.3. The molecule has 0 saturated heterocycles. The molecule has 0 unspecified atom stereocenters. The van der Waals surface area contributed by atoms with Crippen LogP contribution in [0.4, 0.5) is 17.1 Å².